The van der Waals surface area contributed by atoms with Crippen molar-refractivity contribution < 1.29 is 18.0 Å². The largest absolute Gasteiger partial charge is 0.486 e. The molecule has 2 rings (SSSR count). The molecule has 0 saturated heterocycles. The van der Waals surface area contributed by atoms with Gasteiger partial charge in [-0.3, -0.25) is 9.69 Å². The van der Waals surface area contributed by atoms with Gasteiger partial charge in [0.15, 0.2) is 0 Å². The van der Waals surface area contributed by atoms with Gasteiger partial charge in [0, 0.05) is 12.1 Å². The Kier molecular flexibility index (Phi) is 4.29. The average Bonchev–Trinajstić information content (AvgIpc) is 3.16. The summed E-state index contributed by atoms with van der Waals surface area (Å²) in [5.41, 5.74) is 0.0530. The van der Waals surface area contributed by atoms with Crippen molar-refractivity contribution in [3.8, 4) is 0 Å². The van der Waals surface area contributed by atoms with Crippen LogP contribution in [0.5, 0.6) is 0 Å². The molecule has 0 bridgehead atoms. The number of anilines is 2. The molecule has 1 aromatic heterocycles. The first-order chi connectivity index (χ1) is 9.32. The predicted octanol–water partition coefficient (Wildman–Crippen LogP) is 3.40. The molecule has 1 heterocycles. The molecule has 1 aliphatic carbocycles. The lowest BCUT2D eigenvalue weighted by atomic mass is 10.3. The van der Waals surface area contributed by atoms with Crippen LogP contribution in [0.25, 0.3) is 0 Å². The van der Waals surface area contributed by atoms with Crippen LogP contribution < -0.4 is 10.2 Å². The molecule has 1 fully saturated rings. The van der Waals surface area contributed by atoms with Gasteiger partial charge in [0.25, 0.3) is 0 Å². The number of pyridine rings is 1. The van der Waals surface area contributed by atoms with Crippen molar-refractivity contribution in [2.75, 3.05) is 16.1 Å². The van der Waals surface area contributed by atoms with Crippen LogP contribution in [-0.2, 0) is 4.79 Å². The third-order valence-electron chi connectivity index (χ3n) is 2.67. The van der Waals surface area contributed by atoms with Gasteiger partial charge >= 0.3 is 6.30 Å². The van der Waals surface area contributed by atoms with Crippen LogP contribution in [0.15, 0.2) is 12.3 Å². The topological polar surface area (TPSA) is 45.2 Å². The highest BCUT2D eigenvalue weighted by molar-refractivity contribution is 6.34. The molecule has 0 spiro atoms. The summed E-state index contributed by atoms with van der Waals surface area (Å²) in [7, 11) is 0. The zero-order valence-corrected chi connectivity index (χ0v) is 11.6. The molecule has 4 nitrogen and oxygen atoms in total. The molecule has 1 saturated carbocycles. The van der Waals surface area contributed by atoms with Crippen molar-refractivity contribution >= 4 is 40.6 Å². The summed E-state index contributed by atoms with van der Waals surface area (Å²) in [6.07, 6.45) is -2.56. The quantitative estimate of drug-likeness (QED) is 0.681. The molecule has 1 N–H and O–H groups in total. The minimum Gasteiger partial charge on any atom is -0.324 e. The Bertz CT molecular complexity index is 520. The maximum atomic E-state index is 13.0. The van der Waals surface area contributed by atoms with E-state index in [-0.39, 0.29) is 27.3 Å². The predicted molar refractivity (Wildman–Crippen MR) is 70.2 cm³/mol. The fraction of sp³-hybridized carbons (Fsp3) is 0.455. The lowest BCUT2D eigenvalue weighted by Gasteiger charge is -2.26. The highest BCUT2D eigenvalue weighted by Gasteiger charge is 2.47. The first-order valence-electron chi connectivity index (χ1n) is 5.70. The van der Waals surface area contributed by atoms with Crippen LogP contribution in [0.2, 0.25) is 5.02 Å². The SMILES string of the molecule is O=C(CCl)Nc1cc(N(C2CC2)C(F)(F)F)ncc1Cl. The number of halogens is 5. The number of alkyl halides is 4. The third-order valence-corrected chi connectivity index (χ3v) is 3.21. The van der Waals surface area contributed by atoms with Gasteiger partial charge in [-0.2, -0.15) is 13.2 Å². The number of nitrogens with one attached hydrogen (secondary N) is 1. The van der Waals surface area contributed by atoms with E-state index in [2.05, 4.69) is 10.3 Å². The van der Waals surface area contributed by atoms with Crippen LogP contribution in [0.3, 0.4) is 0 Å². The summed E-state index contributed by atoms with van der Waals surface area (Å²) in [4.78, 5) is 15.2. The lowest BCUT2D eigenvalue weighted by molar-refractivity contribution is -0.131. The summed E-state index contributed by atoms with van der Waals surface area (Å²) in [6.45, 7) is 0. The van der Waals surface area contributed by atoms with Crippen molar-refractivity contribution in [3.05, 3.63) is 17.3 Å². The first kappa shape index (κ1) is 15.2. The second kappa shape index (κ2) is 5.65. The smallest absolute Gasteiger partial charge is 0.324 e. The molecule has 0 atom stereocenters. The summed E-state index contributed by atoms with van der Waals surface area (Å²) in [5, 5.41) is 2.38. The van der Waals surface area contributed by atoms with Crippen molar-refractivity contribution in [3.63, 3.8) is 0 Å². The standard InChI is InChI=1S/C11H10Cl2F3N3O/c12-4-10(20)18-8-3-9(17-5-7(8)13)19(6-1-2-6)11(14,15)16/h3,5-6H,1-2,4H2,(H,17,18,20). The molecule has 0 unspecified atom stereocenters. The van der Waals surface area contributed by atoms with Gasteiger partial charge in [0.1, 0.15) is 11.7 Å². The van der Waals surface area contributed by atoms with Gasteiger partial charge in [0.2, 0.25) is 5.91 Å². The summed E-state index contributed by atoms with van der Waals surface area (Å²) in [6, 6.07) is 0.485. The second-order valence-corrected chi connectivity index (χ2v) is 4.95. The van der Waals surface area contributed by atoms with E-state index < -0.39 is 18.2 Å². The van der Waals surface area contributed by atoms with E-state index in [4.69, 9.17) is 23.2 Å². The first-order valence-corrected chi connectivity index (χ1v) is 6.61. The van der Waals surface area contributed by atoms with Gasteiger partial charge in [-0.05, 0) is 12.8 Å². The number of hydrogen-bond donors (Lipinski definition) is 1. The van der Waals surface area contributed by atoms with E-state index in [1.807, 2.05) is 0 Å². The third kappa shape index (κ3) is 3.46. The number of rotatable bonds is 4. The lowest BCUT2D eigenvalue weighted by Crippen LogP contribution is -2.40. The second-order valence-electron chi connectivity index (χ2n) is 4.27. The number of carbonyl (C=O) groups is 1. The van der Waals surface area contributed by atoms with E-state index in [0.717, 1.165) is 12.3 Å². The van der Waals surface area contributed by atoms with Crippen molar-refractivity contribution in [2.45, 2.75) is 25.2 Å². The van der Waals surface area contributed by atoms with Crippen LogP contribution >= 0.6 is 23.2 Å². The number of hydrogen-bond acceptors (Lipinski definition) is 3. The van der Waals surface area contributed by atoms with Gasteiger partial charge in [0.05, 0.1) is 16.9 Å². The Morgan fingerprint density at radius 3 is 2.65 bits per heavy atom. The van der Waals surface area contributed by atoms with Gasteiger partial charge in [-0.15, -0.1) is 11.6 Å². The van der Waals surface area contributed by atoms with E-state index in [9.17, 15) is 18.0 Å². The molecule has 9 heteroatoms. The van der Waals surface area contributed by atoms with Gasteiger partial charge in [-0.25, -0.2) is 4.98 Å². The van der Waals surface area contributed by atoms with Gasteiger partial charge in [-0.1, -0.05) is 11.6 Å². The van der Waals surface area contributed by atoms with E-state index >= 15 is 0 Å². The Hall–Kier alpha value is -1.21. The fourth-order valence-corrected chi connectivity index (χ4v) is 1.91. The molecule has 0 aromatic carbocycles. The molecular formula is C11H10Cl2F3N3O. The Labute approximate surface area is 122 Å². The molecular weight excluding hydrogens is 318 g/mol. The normalized spacial score (nSPS) is 15.1. The average molecular weight is 328 g/mol. The Balaban J connectivity index is 2.32. The van der Waals surface area contributed by atoms with Crippen LogP contribution in [-0.4, -0.2) is 29.1 Å². The Morgan fingerprint density at radius 1 is 1.50 bits per heavy atom. The monoisotopic (exact) mass is 327 g/mol. The summed E-state index contributed by atoms with van der Waals surface area (Å²) in [5.74, 6) is -1.18. The highest BCUT2D eigenvalue weighted by atomic mass is 35.5. The maximum Gasteiger partial charge on any atom is 0.486 e. The molecule has 1 aromatic rings. The molecule has 0 radical (unpaired) electrons. The van der Waals surface area contributed by atoms with Crippen molar-refractivity contribution in [2.24, 2.45) is 0 Å². The molecule has 20 heavy (non-hydrogen) atoms. The van der Waals surface area contributed by atoms with Crippen LogP contribution in [0.1, 0.15) is 12.8 Å². The van der Waals surface area contributed by atoms with Crippen LogP contribution in [0.4, 0.5) is 24.7 Å². The minimum atomic E-state index is -4.53. The van der Waals surface area contributed by atoms with E-state index in [1.165, 1.54) is 0 Å². The molecule has 110 valence electrons. The van der Waals surface area contributed by atoms with E-state index in [1.54, 1.807) is 0 Å². The van der Waals surface area contributed by atoms with Crippen molar-refractivity contribution in [1.82, 2.24) is 4.98 Å². The fourth-order valence-electron chi connectivity index (χ4n) is 1.70. The summed E-state index contributed by atoms with van der Waals surface area (Å²) < 4.78 is 39.0. The zero-order valence-electron chi connectivity index (χ0n) is 10.0. The van der Waals surface area contributed by atoms with Crippen LogP contribution in [0, 0.1) is 0 Å². The summed E-state index contributed by atoms with van der Waals surface area (Å²) >= 11 is 11.1. The van der Waals surface area contributed by atoms with Crippen molar-refractivity contribution in [1.29, 1.82) is 0 Å². The Morgan fingerprint density at radius 2 is 2.15 bits per heavy atom. The number of carbonyl (C=O) groups excluding carboxylic acids is 1. The molecule has 0 aliphatic heterocycles. The number of aromatic nitrogens is 1. The molecule has 1 aliphatic rings. The number of nitrogens with zero attached hydrogens (tertiary/aromatic N) is 2. The van der Waals surface area contributed by atoms with E-state index in [0.29, 0.717) is 12.8 Å². The molecule has 1 amide bonds. The minimum absolute atomic E-state index is 0.0464. The number of amides is 1. The zero-order chi connectivity index (χ0) is 14.9. The van der Waals surface area contributed by atoms with Gasteiger partial charge < -0.3 is 5.32 Å². The maximum absolute atomic E-state index is 13.0. The highest BCUT2D eigenvalue weighted by Crippen LogP contribution is 2.40.